The molecule has 4 nitrogen and oxygen atoms in total. The molecule has 31 heavy (non-hydrogen) atoms. The largest absolute Gasteiger partial charge is 0.356 e. The van der Waals surface area contributed by atoms with Crippen LogP contribution in [0.5, 0.6) is 0 Å². The van der Waals surface area contributed by atoms with E-state index in [-0.39, 0.29) is 36.2 Å². The highest BCUT2D eigenvalue weighted by atomic mass is 19.1. The standard InChI is InChI=1S/C25H24F2N2O2/c1-2-14-28-24(30)15-18-8-12-23(13-9-18)29(17-19-6-10-21(26)11-7-19)25(31)20-4-3-5-22(27)16-20/h3-13,16H,2,14-15,17H2,1H3,(H,28,30). The number of carbonyl (C=O) groups excluding carboxylic acids is 2. The maximum absolute atomic E-state index is 13.7. The zero-order chi connectivity index (χ0) is 22.2. The zero-order valence-electron chi connectivity index (χ0n) is 17.3. The first kappa shape index (κ1) is 22.2. The van der Waals surface area contributed by atoms with Crippen molar-refractivity contribution < 1.29 is 18.4 Å². The van der Waals surface area contributed by atoms with Crippen LogP contribution in [0.3, 0.4) is 0 Å². The van der Waals surface area contributed by atoms with E-state index < -0.39 is 5.82 Å². The first-order valence-electron chi connectivity index (χ1n) is 10.1. The summed E-state index contributed by atoms with van der Waals surface area (Å²) in [5, 5.41) is 2.83. The molecule has 3 aromatic rings. The molecule has 3 aromatic carbocycles. The van der Waals surface area contributed by atoms with E-state index in [1.807, 2.05) is 6.92 Å². The number of halogens is 2. The van der Waals surface area contributed by atoms with Crippen LogP contribution in [0.2, 0.25) is 0 Å². The molecule has 0 aliphatic rings. The van der Waals surface area contributed by atoms with Crippen molar-refractivity contribution in [2.24, 2.45) is 0 Å². The number of carbonyl (C=O) groups is 2. The average molecular weight is 422 g/mol. The van der Waals surface area contributed by atoms with Gasteiger partial charge in [-0.15, -0.1) is 0 Å². The van der Waals surface area contributed by atoms with E-state index in [1.54, 1.807) is 42.5 Å². The van der Waals surface area contributed by atoms with Gasteiger partial charge < -0.3 is 10.2 Å². The van der Waals surface area contributed by atoms with Gasteiger partial charge in [0.15, 0.2) is 0 Å². The number of hydrogen-bond donors (Lipinski definition) is 1. The van der Waals surface area contributed by atoms with Gasteiger partial charge in [0, 0.05) is 17.8 Å². The second-order valence-electron chi connectivity index (χ2n) is 7.22. The predicted octanol–water partition coefficient (Wildman–Crippen LogP) is 4.88. The first-order chi connectivity index (χ1) is 15.0. The van der Waals surface area contributed by atoms with E-state index in [9.17, 15) is 18.4 Å². The van der Waals surface area contributed by atoms with E-state index in [0.717, 1.165) is 17.5 Å². The third-order valence-electron chi connectivity index (χ3n) is 4.76. The van der Waals surface area contributed by atoms with E-state index >= 15 is 0 Å². The predicted molar refractivity (Wildman–Crippen MR) is 117 cm³/mol. The molecular formula is C25H24F2N2O2. The molecule has 0 heterocycles. The lowest BCUT2D eigenvalue weighted by Gasteiger charge is -2.23. The minimum atomic E-state index is -0.499. The Morgan fingerprint density at radius 3 is 2.19 bits per heavy atom. The number of nitrogens with zero attached hydrogens (tertiary/aromatic N) is 1. The van der Waals surface area contributed by atoms with Gasteiger partial charge in [0.05, 0.1) is 13.0 Å². The second-order valence-corrected chi connectivity index (χ2v) is 7.22. The molecule has 6 heteroatoms. The van der Waals surface area contributed by atoms with Crippen LogP contribution in [-0.2, 0) is 17.8 Å². The molecule has 3 rings (SSSR count). The fourth-order valence-electron chi connectivity index (χ4n) is 3.14. The highest BCUT2D eigenvalue weighted by Gasteiger charge is 2.19. The minimum absolute atomic E-state index is 0.0615. The number of rotatable bonds is 8. The lowest BCUT2D eigenvalue weighted by molar-refractivity contribution is -0.120. The van der Waals surface area contributed by atoms with Gasteiger partial charge in [-0.25, -0.2) is 8.78 Å². The van der Waals surface area contributed by atoms with Gasteiger partial charge in [-0.3, -0.25) is 9.59 Å². The van der Waals surface area contributed by atoms with E-state index in [2.05, 4.69) is 5.32 Å². The van der Waals surface area contributed by atoms with Crippen molar-refractivity contribution in [3.05, 3.63) is 101 Å². The number of benzene rings is 3. The van der Waals surface area contributed by atoms with Crippen LogP contribution in [-0.4, -0.2) is 18.4 Å². The molecule has 0 unspecified atom stereocenters. The summed E-state index contributed by atoms with van der Waals surface area (Å²) in [5.41, 5.74) is 2.35. The number of nitrogens with one attached hydrogen (secondary N) is 1. The fourth-order valence-corrected chi connectivity index (χ4v) is 3.14. The van der Waals surface area contributed by atoms with Gasteiger partial charge in [-0.05, 0) is 60.0 Å². The summed E-state index contributed by atoms with van der Waals surface area (Å²) in [7, 11) is 0. The highest BCUT2D eigenvalue weighted by Crippen LogP contribution is 2.22. The Balaban J connectivity index is 1.85. The quantitative estimate of drug-likeness (QED) is 0.563. The van der Waals surface area contributed by atoms with Crippen LogP contribution in [0, 0.1) is 11.6 Å². The van der Waals surface area contributed by atoms with Gasteiger partial charge in [0.2, 0.25) is 5.91 Å². The maximum atomic E-state index is 13.7. The smallest absolute Gasteiger partial charge is 0.258 e. The van der Waals surface area contributed by atoms with Crippen LogP contribution in [0.25, 0.3) is 0 Å². The van der Waals surface area contributed by atoms with Crippen LogP contribution in [0.4, 0.5) is 14.5 Å². The Hall–Kier alpha value is -3.54. The van der Waals surface area contributed by atoms with Crippen molar-refractivity contribution in [2.75, 3.05) is 11.4 Å². The van der Waals surface area contributed by atoms with Crippen molar-refractivity contribution in [1.29, 1.82) is 0 Å². The molecule has 0 spiro atoms. The van der Waals surface area contributed by atoms with E-state index in [1.165, 1.54) is 35.2 Å². The lowest BCUT2D eigenvalue weighted by Crippen LogP contribution is -2.30. The van der Waals surface area contributed by atoms with E-state index in [0.29, 0.717) is 12.2 Å². The summed E-state index contributed by atoms with van der Waals surface area (Å²) in [4.78, 5) is 26.6. The molecule has 0 bridgehead atoms. The third-order valence-corrected chi connectivity index (χ3v) is 4.76. The van der Waals surface area contributed by atoms with Gasteiger partial charge in [0.25, 0.3) is 5.91 Å². The Morgan fingerprint density at radius 1 is 0.871 bits per heavy atom. The molecule has 0 aromatic heterocycles. The normalized spacial score (nSPS) is 10.5. The molecule has 0 radical (unpaired) electrons. The van der Waals surface area contributed by atoms with Crippen molar-refractivity contribution in [3.63, 3.8) is 0 Å². The lowest BCUT2D eigenvalue weighted by atomic mass is 10.1. The molecule has 0 aliphatic heterocycles. The summed E-state index contributed by atoms with van der Waals surface area (Å²) in [6.07, 6.45) is 1.11. The highest BCUT2D eigenvalue weighted by molar-refractivity contribution is 6.06. The molecular weight excluding hydrogens is 398 g/mol. The number of hydrogen-bond acceptors (Lipinski definition) is 2. The molecule has 0 atom stereocenters. The molecule has 1 N–H and O–H groups in total. The van der Waals surface area contributed by atoms with Gasteiger partial charge in [-0.2, -0.15) is 0 Å². The molecule has 0 aliphatic carbocycles. The Morgan fingerprint density at radius 2 is 1.55 bits per heavy atom. The number of amides is 2. The summed E-state index contributed by atoms with van der Waals surface area (Å²) < 4.78 is 27.0. The van der Waals surface area contributed by atoms with Crippen molar-refractivity contribution in [1.82, 2.24) is 5.32 Å². The number of anilines is 1. The van der Waals surface area contributed by atoms with Crippen LogP contribution < -0.4 is 10.2 Å². The Labute approximate surface area is 180 Å². The summed E-state index contributed by atoms with van der Waals surface area (Å²) in [6, 6.07) is 18.5. The van der Waals surface area contributed by atoms with Gasteiger partial charge in [0.1, 0.15) is 11.6 Å². The van der Waals surface area contributed by atoms with Crippen molar-refractivity contribution >= 4 is 17.5 Å². The van der Waals surface area contributed by atoms with Crippen LogP contribution in [0.15, 0.2) is 72.8 Å². The van der Waals surface area contributed by atoms with Crippen LogP contribution in [0.1, 0.15) is 34.8 Å². The monoisotopic (exact) mass is 422 g/mol. The second kappa shape index (κ2) is 10.5. The Bertz CT molecular complexity index is 1030. The van der Waals surface area contributed by atoms with Gasteiger partial charge >= 0.3 is 0 Å². The summed E-state index contributed by atoms with van der Waals surface area (Å²) in [5.74, 6) is -1.30. The molecule has 0 saturated heterocycles. The minimum Gasteiger partial charge on any atom is -0.356 e. The van der Waals surface area contributed by atoms with Crippen LogP contribution >= 0.6 is 0 Å². The van der Waals surface area contributed by atoms with Crippen molar-refractivity contribution in [2.45, 2.75) is 26.3 Å². The Kier molecular flexibility index (Phi) is 7.49. The SMILES string of the molecule is CCCNC(=O)Cc1ccc(N(Cc2ccc(F)cc2)C(=O)c2cccc(F)c2)cc1. The maximum Gasteiger partial charge on any atom is 0.258 e. The summed E-state index contributed by atoms with van der Waals surface area (Å²) in [6.45, 7) is 2.80. The van der Waals surface area contributed by atoms with Crippen molar-refractivity contribution in [3.8, 4) is 0 Å². The molecule has 0 saturated carbocycles. The topological polar surface area (TPSA) is 49.4 Å². The van der Waals surface area contributed by atoms with Gasteiger partial charge in [-0.1, -0.05) is 37.3 Å². The van der Waals surface area contributed by atoms with E-state index in [4.69, 9.17) is 0 Å². The molecule has 0 fully saturated rings. The molecule has 2 amide bonds. The zero-order valence-corrected chi connectivity index (χ0v) is 17.3. The molecule has 160 valence electrons. The average Bonchev–Trinajstić information content (AvgIpc) is 2.77. The summed E-state index contributed by atoms with van der Waals surface area (Å²) >= 11 is 0. The third kappa shape index (κ3) is 6.22. The first-order valence-corrected chi connectivity index (χ1v) is 10.1. The fraction of sp³-hybridized carbons (Fsp3) is 0.200.